The van der Waals surface area contributed by atoms with Crippen molar-refractivity contribution in [2.75, 3.05) is 43.6 Å². The van der Waals surface area contributed by atoms with Crippen LogP contribution in [0.15, 0.2) is 24.3 Å². The van der Waals surface area contributed by atoms with Crippen molar-refractivity contribution in [2.45, 2.75) is 12.5 Å². The molecule has 8 heteroatoms. The van der Waals surface area contributed by atoms with Crippen molar-refractivity contribution in [1.29, 1.82) is 0 Å². The summed E-state index contributed by atoms with van der Waals surface area (Å²) in [4.78, 5) is 14.1. The number of amides is 1. The summed E-state index contributed by atoms with van der Waals surface area (Å²) in [6.45, 7) is 1.08. The molecule has 1 aromatic rings. The molecule has 23 heavy (non-hydrogen) atoms. The fourth-order valence-electron chi connectivity index (χ4n) is 2.61. The highest BCUT2D eigenvalue weighted by Crippen LogP contribution is 2.18. The Hall–Kier alpha value is -1.15. The van der Waals surface area contributed by atoms with E-state index >= 15 is 0 Å². The van der Waals surface area contributed by atoms with E-state index in [0.29, 0.717) is 30.3 Å². The molecule has 0 aliphatic carbocycles. The van der Waals surface area contributed by atoms with Gasteiger partial charge in [-0.3, -0.25) is 9.69 Å². The van der Waals surface area contributed by atoms with E-state index in [0.717, 1.165) is 0 Å². The van der Waals surface area contributed by atoms with Crippen LogP contribution in [0, 0.1) is 0 Å². The van der Waals surface area contributed by atoms with Crippen molar-refractivity contribution in [2.24, 2.45) is 0 Å². The molecule has 1 atom stereocenters. The van der Waals surface area contributed by atoms with E-state index in [9.17, 15) is 13.2 Å². The minimum atomic E-state index is -3.00. The van der Waals surface area contributed by atoms with Crippen molar-refractivity contribution in [1.82, 2.24) is 4.90 Å². The molecule has 0 spiro atoms. The zero-order chi connectivity index (χ0) is 16.9. The highest BCUT2D eigenvalue weighted by Gasteiger charge is 2.32. The second-order valence-corrected chi connectivity index (χ2v) is 8.24. The maximum atomic E-state index is 12.2. The van der Waals surface area contributed by atoms with Gasteiger partial charge in [-0.05, 0) is 24.6 Å². The van der Waals surface area contributed by atoms with Crippen LogP contribution < -0.4 is 5.32 Å². The lowest BCUT2D eigenvalue weighted by atomic mass is 10.2. The van der Waals surface area contributed by atoms with Gasteiger partial charge in [-0.15, -0.1) is 0 Å². The van der Waals surface area contributed by atoms with Crippen LogP contribution in [-0.2, 0) is 19.4 Å². The molecule has 1 aliphatic rings. The number of carbonyl (C=O) groups is 1. The average molecular weight is 361 g/mol. The van der Waals surface area contributed by atoms with Crippen LogP contribution in [0.3, 0.4) is 0 Å². The van der Waals surface area contributed by atoms with E-state index in [1.54, 1.807) is 31.4 Å². The number of nitrogens with one attached hydrogen (secondary N) is 1. The summed E-state index contributed by atoms with van der Waals surface area (Å²) < 4.78 is 28.4. The Morgan fingerprint density at radius 1 is 1.48 bits per heavy atom. The van der Waals surface area contributed by atoms with Gasteiger partial charge in [0.1, 0.15) is 0 Å². The molecule has 0 unspecified atom stereocenters. The molecule has 1 heterocycles. The summed E-state index contributed by atoms with van der Waals surface area (Å²) in [5, 5.41) is 3.32. The predicted molar refractivity (Wildman–Crippen MR) is 90.6 cm³/mol. The van der Waals surface area contributed by atoms with Gasteiger partial charge < -0.3 is 10.1 Å². The lowest BCUT2D eigenvalue weighted by Gasteiger charge is -2.27. The van der Waals surface area contributed by atoms with Crippen LogP contribution in [0.1, 0.15) is 6.42 Å². The molecule has 1 amide bonds. The standard InChI is InChI=1S/C15H21ClN2O4S/c1-22-7-6-18(14-5-8-23(20,21)11-14)10-15(19)17-13-4-2-3-12(16)9-13/h2-4,9,14H,5-8,10-11H2,1H3,(H,17,19)/t14-/m0/s1. The van der Waals surface area contributed by atoms with Crippen LogP contribution >= 0.6 is 11.6 Å². The van der Waals surface area contributed by atoms with E-state index in [-0.39, 0.29) is 30.0 Å². The maximum absolute atomic E-state index is 12.2. The largest absolute Gasteiger partial charge is 0.383 e. The first-order valence-electron chi connectivity index (χ1n) is 7.38. The number of carbonyl (C=O) groups excluding carboxylic acids is 1. The van der Waals surface area contributed by atoms with E-state index < -0.39 is 9.84 Å². The van der Waals surface area contributed by atoms with Gasteiger partial charge in [-0.2, -0.15) is 0 Å². The Kier molecular flexibility index (Phi) is 6.41. The second-order valence-electron chi connectivity index (χ2n) is 5.58. The van der Waals surface area contributed by atoms with Crippen molar-refractivity contribution < 1.29 is 17.9 Å². The zero-order valence-electron chi connectivity index (χ0n) is 13.0. The summed E-state index contributed by atoms with van der Waals surface area (Å²) in [5.74, 6) is 0.0748. The van der Waals surface area contributed by atoms with Gasteiger partial charge in [0, 0.05) is 30.4 Å². The van der Waals surface area contributed by atoms with Gasteiger partial charge in [0.25, 0.3) is 0 Å². The summed E-state index contributed by atoms with van der Waals surface area (Å²) in [6, 6.07) is 6.76. The number of hydrogen-bond acceptors (Lipinski definition) is 5. The molecule has 0 bridgehead atoms. The highest BCUT2D eigenvalue weighted by molar-refractivity contribution is 7.91. The van der Waals surface area contributed by atoms with Gasteiger partial charge in [0.2, 0.25) is 5.91 Å². The number of rotatable bonds is 7. The second kappa shape index (κ2) is 8.10. The molecule has 0 radical (unpaired) electrons. The lowest BCUT2D eigenvalue weighted by molar-refractivity contribution is -0.117. The van der Waals surface area contributed by atoms with Gasteiger partial charge >= 0.3 is 0 Å². The van der Waals surface area contributed by atoms with Gasteiger partial charge in [0.05, 0.1) is 24.7 Å². The first-order chi connectivity index (χ1) is 10.9. The fourth-order valence-corrected chi connectivity index (χ4v) is 4.57. The Balaban J connectivity index is 1.98. The van der Waals surface area contributed by atoms with E-state index in [4.69, 9.17) is 16.3 Å². The third-order valence-corrected chi connectivity index (χ3v) is 5.75. The SMILES string of the molecule is COCCN(CC(=O)Nc1cccc(Cl)c1)[C@H]1CCS(=O)(=O)C1. The third kappa shape index (κ3) is 5.76. The predicted octanol–water partition coefficient (Wildman–Crippen LogP) is 1.41. The molecule has 0 saturated carbocycles. The Bertz CT molecular complexity index is 651. The summed E-state index contributed by atoms with van der Waals surface area (Å²) in [7, 11) is -1.42. The molecule has 1 N–H and O–H groups in total. The minimum absolute atomic E-state index is 0.0984. The molecule has 1 aromatic carbocycles. The van der Waals surface area contributed by atoms with E-state index in [1.807, 2.05) is 4.90 Å². The summed E-state index contributed by atoms with van der Waals surface area (Å²) in [6.07, 6.45) is 0.552. The summed E-state index contributed by atoms with van der Waals surface area (Å²) >= 11 is 5.89. The molecule has 6 nitrogen and oxygen atoms in total. The quantitative estimate of drug-likeness (QED) is 0.795. The lowest BCUT2D eigenvalue weighted by Crippen LogP contribution is -2.43. The van der Waals surface area contributed by atoms with Gasteiger partial charge in [0.15, 0.2) is 9.84 Å². The minimum Gasteiger partial charge on any atom is -0.383 e. The molecular weight excluding hydrogens is 340 g/mol. The number of sulfone groups is 1. The van der Waals surface area contributed by atoms with Crippen LogP contribution in [0.5, 0.6) is 0 Å². The monoisotopic (exact) mass is 360 g/mol. The molecule has 0 aromatic heterocycles. The number of hydrogen-bond donors (Lipinski definition) is 1. The fraction of sp³-hybridized carbons (Fsp3) is 0.533. The van der Waals surface area contributed by atoms with Gasteiger partial charge in [-0.1, -0.05) is 17.7 Å². The average Bonchev–Trinajstić information content (AvgIpc) is 2.83. The third-order valence-electron chi connectivity index (χ3n) is 3.76. The van der Waals surface area contributed by atoms with E-state index in [1.165, 1.54) is 0 Å². The first-order valence-corrected chi connectivity index (χ1v) is 9.58. The summed E-state index contributed by atoms with van der Waals surface area (Å²) in [5.41, 5.74) is 0.619. The molecule has 1 saturated heterocycles. The molecule has 2 rings (SSSR count). The van der Waals surface area contributed by atoms with Crippen molar-refractivity contribution >= 4 is 33.0 Å². The van der Waals surface area contributed by atoms with Gasteiger partial charge in [-0.25, -0.2) is 8.42 Å². The molecular formula is C15H21ClN2O4S. The van der Waals surface area contributed by atoms with Crippen molar-refractivity contribution in [3.63, 3.8) is 0 Å². The van der Waals surface area contributed by atoms with Crippen molar-refractivity contribution in [3.05, 3.63) is 29.3 Å². The molecule has 128 valence electrons. The maximum Gasteiger partial charge on any atom is 0.238 e. The first kappa shape index (κ1) is 18.2. The number of methoxy groups -OCH3 is 1. The number of halogens is 1. The zero-order valence-corrected chi connectivity index (χ0v) is 14.6. The number of ether oxygens (including phenoxy) is 1. The van der Waals surface area contributed by atoms with Crippen LogP contribution in [0.4, 0.5) is 5.69 Å². The number of benzene rings is 1. The molecule has 1 fully saturated rings. The normalized spacial score (nSPS) is 19.9. The van der Waals surface area contributed by atoms with Crippen molar-refractivity contribution in [3.8, 4) is 0 Å². The van der Waals surface area contributed by atoms with E-state index in [2.05, 4.69) is 5.32 Å². The Morgan fingerprint density at radius 2 is 2.26 bits per heavy atom. The Morgan fingerprint density at radius 3 is 2.87 bits per heavy atom. The molecule has 1 aliphatic heterocycles. The number of anilines is 1. The number of nitrogens with zero attached hydrogens (tertiary/aromatic N) is 1. The van der Waals surface area contributed by atoms with Crippen LogP contribution in [0.2, 0.25) is 5.02 Å². The topological polar surface area (TPSA) is 75.7 Å². The van der Waals surface area contributed by atoms with Crippen LogP contribution in [-0.4, -0.2) is 63.6 Å². The van der Waals surface area contributed by atoms with Crippen LogP contribution in [0.25, 0.3) is 0 Å². The smallest absolute Gasteiger partial charge is 0.238 e. The Labute approximate surface area is 141 Å². The highest BCUT2D eigenvalue weighted by atomic mass is 35.5.